The predicted octanol–water partition coefficient (Wildman–Crippen LogP) is 2.73. The third-order valence-electron chi connectivity index (χ3n) is 2.17. The van der Waals surface area contributed by atoms with Crippen molar-refractivity contribution >= 4 is 40.9 Å². The maximum absolute atomic E-state index is 13.0. The fourth-order valence-electron chi connectivity index (χ4n) is 1.29. The first kappa shape index (κ1) is 16.1. The largest absolute Gasteiger partial charge is 0.480 e. The van der Waals surface area contributed by atoms with Crippen LogP contribution in [-0.2, 0) is 4.79 Å². The van der Waals surface area contributed by atoms with E-state index in [2.05, 4.69) is 16.6 Å². The molecule has 0 aliphatic carbocycles. The lowest BCUT2D eigenvalue weighted by Gasteiger charge is -2.14. The van der Waals surface area contributed by atoms with Gasteiger partial charge in [0.15, 0.2) is 0 Å². The van der Waals surface area contributed by atoms with Crippen LogP contribution in [0.15, 0.2) is 12.1 Å². The van der Waals surface area contributed by atoms with Crippen LogP contribution in [0.5, 0.6) is 0 Å². The van der Waals surface area contributed by atoms with Crippen molar-refractivity contribution in [2.75, 3.05) is 5.32 Å². The highest BCUT2D eigenvalue weighted by atomic mass is 35.5. The topological polar surface area (TPSA) is 78.4 Å². The molecule has 1 rings (SSSR count). The van der Waals surface area contributed by atoms with Crippen molar-refractivity contribution in [3.63, 3.8) is 0 Å². The van der Waals surface area contributed by atoms with E-state index in [0.29, 0.717) is 0 Å². The Bertz CT molecular complexity index is 564. The normalized spacial score (nSPS) is 11.3. The van der Waals surface area contributed by atoms with Gasteiger partial charge in [-0.25, -0.2) is 14.0 Å². The van der Waals surface area contributed by atoms with Gasteiger partial charge in [0.25, 0.3) is 0 Å². The summed E-state index contributed by atoms with van der Waals surface area (Å²) in [4.78, 5) is 22.4. The molecule has 2 amide bonds. The summed E-state index contributed by atoms with van der Waals surface area (Å²) in [6.07, 6.45) is 4.80. The Morgan fingerprint density at radius 2 is 1.95 bits per heavy atom. The third-order valence-corrected chi connectivity index (χ3v) is 2.77. The van der Waals surface area contributed by atoms with Gasteiger partial charge in [-0.05, 0) is 12.1 Å². The minimum absolute atomic E-state index is 0.0305. The van der Waals surface area contributed by atoms with Crippen LogP contribution in [0.25, 0.3) is 0 Å². The number of carboxylic acid groups (broad SMARTS) is 1. The molecule has 0 bridgehead atoms. The summed E-state index contributed by atoms with van der Waals surface area (Å²) < 4.78 is 13.0. The highest BCUT2D eigenvalue weighted by Gasteiger charge is 2.20. The van der Waals surface area contributed by atoms with E-state index >= 15 is 0 Å². The molecule has 0 heterocycles. The van der Waals surface area contributed by atoms with Gasteiger partial charge in [0.05, 0.1) is 15.7 Å². The molecule has 0 radical (unpaired) electrons. The second-order valence-electron chi connectivity index (χ2n) is 3.64. The first-order valence-electron chi connectivity index (χ1n) is 5.23. The zero-order valence-electron chi connectivity index (χ0n) is 9.91. The van der Waals surface area contributed by atoms with Crippen LogP contribution in [0.2, 0.25) is 10.0 Å². The van der Waals surface area contributed by atoms with Crippen LogP contribution in [0, 0.1) is 18.2 Å². The fraction of sp³-hybridized carbons (Fsp3) is 0.167. The second kappa shape index (κ2) is 6.98. The highest BCUT2D eigenvalue weighted by Crippen LogP contribution is 2.31. The number of halogens is 3. The zero-order chi connectivity index (χ0) is 15.3. The molecule has 0 aromatic heterocycles. The monoisotopic (exact) mass is 318 g/mol. The molecular weight excluding hydrogens is 310 g/mol. The van der Waals surface area contributed by atoms with E-state index in [4.69, 9.17) is 34.7 Å². The number of benzene rings is 1. The summed E-state index contributed by atoms with van der Waals surface area (Å²) in [5.41, 5.74) is -0.0305. The Labute approximate surface area is 124 Å². The van der Waals surface area contributed by atoms with E-state index in [-0.39, 0.29) is 22.2 Å². The average Bonchev–Trinajstić information content (AvgIpc) is 2.33. The summed E-state index contributed by atoms with van der Waals surface area (Å²) in [6.45, 7) is 0. The average molecular weight is 319 g/mol. The SMILES string of the molecule is C#CCC(NC(=O)Nc1c(Cl)cc(F)cc1Cl)C(=O)O. The summed E-state index contributed by atoms with van der Waals surface area (Å²) in [5, 5.41) is 13.0. The van der Waals surface area contributed by atoms with Crippen molar-refractivity contribution < 1.29 is 19.1 Å². The zero-order valence-corrected chi connectivity index (χ0v) is 11.4. The van der Waals surface area contributed by atoms with E-state index < -0.39 is 23.9 Å². The minimum Gasteiger partial charge on any atom is -0.480 e. The molecule has 1 unspecified atom stereocenters. The number of rotatable bonds is 4. The van der Waals surface area contributed by atoms with E-state index in [1.54, 1.807) is 0 Å². The van der Waals surface area contributed by atoms with Gasteiger partial charge in [-0.1, -0.05) is 23.2 Å². The first-order valence-corrected chi connectivity index (χ1v) is 5.99. The lowest BCUT2D eigenvalue weighted by atomic mass is 10.2. The van der Waals surface area contributed by atoms with E-state index in [9.17, 15) is 14.0 Å². The Balaban J connectivity index is 2.81. The summed E-state index contributed by atoms with van der Waals surface area (Å²) in [7, 11) is 0. The molecular formula is C12H9Cl2FN2O3. The standard InChI is InChI=1S/C12H9Cl2FN2O3/c1-2-3-9(11(18)19)16-12(20)17-10-7(13)4-6(15)5-8(10)14/h1,4-5,9H,3H2,(H,18,19)(H2,16,17,20). The number of carboxylic acids is 1. The molecule has 106 valence electrons. The number of urea groups is 1. The van der Waals surface area contributed by atoms with Gasteiger partial charge in [0, 0.05) is 6.42 Å². The van der Waals surface area contributed by atoms with Crippen molar-refractivity contribution in [2.24, 2.45) is 0 Å². The van der Waals surface area contributed by atoms with Crippen LogP contribution in [-0.4, -0.2) is 23.1 Å². The Kier molecular flexibility index (Phi) is 5.62. The van der Waals surface area contributed by atoms with Crippen molar-refractivity contribution in [3.05, 3.63) is 28.0 Å². The van der Waals surface area contributed by atoms with Gasteiger partial charge in [-0.2, -0.15) is 0 Å². The van der Waals surface area contributed by atoms with Gasteiger partial charge >= 0.3 is 12.0 Å². The third kappa shape index (κ3) is 4.30. The van der Waals surface area contributed by atoms with Crippen LogP contribution < -0.4 is 10.6 Å². The maximum Gasteiger partial charge on any atom is 0.327 e. The molecule has 1 atom stereocenters. The van der Waals surface area contributed by atoms with Crippen molar-refractivity contribution in [1.29, 1.82) is 0 Å². The second-order valence-corrected chi connectivity index (χ2v) is 4.46. The lowest BCUT2D eigenvalue weighted by molar-refractivity contribution is -0.139. The molecule has 1 aromatic rings. The van der Waals surface area contributed by atoms with Crippen LogP contribution in [0.1, 0.15) is 6.42 Å². The van der Waals surface area contributed by atoms with E-state index in [1.807, 2.05) is 0 Å². The summed E-state index contributed by atoms with van der Waals surface area (Å²) in [6, 6.07) is -0.209. The summed E-state index contributed by atoms with van der Waals surface area (Å²) >= 11 is 11.4. The Morgan fingerprint density at radius 3 is 2.40 bits per heavy atom. The maximum atomic E-state index is 13.0. The number of nitrogens with one attached hydrogen (secondary N) is 2. The van der Waals surface area contributed by atoms with Crippen molar-refractivity contribution in [1.82, 2.24) is 5.32 Å². The first-order chi connectivity index (χ1) is 9.35. The molecule has 0 aliphatic rings. The molecule has 20 heavy (non-hydrogen) atoms. The number of carbonyl (C=O) groups is 2. The van der Waals surface area contributed by atoms with Crippen molar-refractivity contribution in [2.45, 2.75) is 12.5 Å². The molecule has 1 aromatic carbocycles. The van der Waals surface area contributed by atoms with Gasteiger partial charge in [-0.15, -0.1) is 12.3 Å². The van der Waals surface area contributed by atoms with Crippen LogP contribution in [0.3, 0.4) is 0 Å². The number of amides is 2. The fourth-order valence-corrected chi connectivity index (χ4v) is 1.84. The van der Waals surface area contributed by atoms with Gasteiger partial charge < -0.3 is 15.7 Å². The van der Waals surface area contributed by atoms with Gasteiger partial charge in [-0.3, -0.25) is 0 Å². The number of aliphatic carboxylic acids is 1. The molecule has 0 fully saturated rings. The molecule has 0 saturated heterocycles. The molecule has 0 saturated carbocycles. The number of carbonyl (C=O) groups excluding carboxylic acids is 1. The number of hydrogen-bond donors (Lipinski definition) is 3. The molecule has 8 heteroatoms. The predicted molar refractivity (Wildman–Crippen MR) is 73.4 cm³/mol. The molecule has 3 N–H and O–H groups in total. The minimum atomic E-state index is -1.28. The van der Waals surface area contributed by atoms with Gasteiger partial charge in [0.1, 0.15) is 11.9 Å². The molecule has 0 spiro atoms. The van der Waals surface area contributed by atoms with Crippen LogP contribution >= 0.6 is 23.2 Å². The van der Waals surface area contributed by atoms with E-state index in [0.717, 1.165) is 12.1 Å². The summed E-state index contributed by atoms with van der Waals surface area (Å²) in [5.74, 6) is 0.175. The highest BCUT2D eigenvalue weighted by molar-refractivity contribution is 6.39. The number of anilines is 1. The number of hydrogen-bond acceptors (Lipinski definition) is 2. The Hall–Kier alpha value is -1.97. The quantitative estimate of drug-likeness (QED) is 0.747. The van der Waals surface area contributed by atoms with E-state index in [1.165, 1.54) is 0 Å². The Morgan fingerprint density at radius 1 is 1.40 bits per heavy atom. The number of terminal acetylenes is 1. The molecule has 5 nitrogen and oxygen atoms in total. The van der Waals surface area contributed by atoms with Gasteiger partial charge in [0.2, 0.25) is 0 Å². The van der Waals surface area contributed by atoms with Crippen LogP contribution in [0.4, 0.5) is 14.9 Å². The smallest absolute Gasteiger partial charge is 0.327 e. The molecule has 0 aliphatic heterocycles. The lowest BCUT2D eigenvalue weighted by Crippen LogP contribution is -2.42. The van der Waals surface area contributed by atoms with Crippen molar-refractivity contribution in [3.8, 4) is 12.3 Å².